The molecule has 0 radical (unpaired) electrons. The first-order valence-electron chi connectivity index (χ1n) is 6.21. The third kappa shape index (κ3) is 6.30. The van der Waals surface area contributed by atoms with Crippen molar-refractivity contribution < 1.29 is 14.3 Å². The summed E-state index contributed by atoms with van der Waals surface area (Å²) in [6.07, 6.45) is 0. The first-order valence-corrected chi connectivity index (χ1v) is 8.39. The minimum absolute atomic E-state index is 0.0763. The van der Waals surface area contributed by atoms with E-state index >= 15 is 0 Å². The van der Waals surface area contributed by atoms with Gasteiger partial charge in [-0.25, -0.2) is 0 Å². The minimum atomic E-state index is -0.488. The summed E-state index contributed by atoms with van der Waals surface area (Å²) in [7, 11) is 0. The molecule has 2 aromatic rings. The topological polar surface area (TPSA) is 119 Å². The Balaban J connectivity index is 1.63. The van der Waals surface area contributed by atoms with Gasteiger partial charge >= 0.3 is 0 Å². The molecule has 23 heavy (non-hydrogen) atoms. The molecule has 0 aliphatic heterocycles. The van der Waals surface area contributed by atoms with Crippen molar-refractivity contribution in [3.8, 4) is 5.75 Å². The largest absolute Gasteiger partial charge is 0.484 e. The second kappa shape index (κ2) is 8.56. The molecule has 0 fully saturated rings. The molecule has 0 saturated heterocycles. The molecule has 0 saturated carbocycles. The number of nitrogens with two attached hydrogens (primary N) is 1. The van der Waals surface area contributed by atoms with Gasteiger partial charge in [-0.15, -0.1) is 10.2 Å². The molecular weight excluding hydrogens is 362 g/mol. The average Bonchev–Trinajstić information content (AvgIpc) is 2.96. The van der Waals surface area contributed by atoms with Crippen molar-refractivity contribution in [1.29, 1.82) is 0 Å². The highest BCUT2D eigenvalue weighted by Crippen LogP contribution is 2.22. The number of halogens is 1. The molecule has 0 aliphatic rings. The van der Waals surface area contributed by atoms with E-state index in [-0.39, 0.29) is 18.3 Å². The van der Waals surface area contributed by atoms with Crippen molar-refractivity contribution >= 4 is 51.6 Å². The SMILES string of the molecule is Nc1nnc(SCC(=O)NNC(=O)COc2ccc(Cl)cc2)s1. The number of benzene rings is 1. The number of carbonyl (C=O) groups excluding carboxylic acids is 2. The van der Waals surface area contributed by atoms with Gasteiger partial charge in [0.25, 0.3) is 5.91 Å². The number of thioether (sulfide) groups is 1. The molecule has 0 unspecified atom stereocenters. The maximum Gasteiger partial charge on any atom is 0.276 e. The van der Waals surface area contributed by atoms with Crippen LogP contribution >= 0.6 is 34.7 Å². The molecule has 11 heteroatoms. The van der Waals surface area contributed by atoms with Gasteiger partial charge in [0.1, 0.15) is 5.75 Å². The summed E-state index contributed by atoms with van der Waals surface area (Å²) in [4.78, 5) is 23.1. The number of aromatic nitrogens is 2. The second-order valence-electron chi connectivity index (χ2n) is 4.03. The maximum atomic E-state index is 11.6. The molecule has 0 bridgehead atoms. The summed E-state index contributed by atoms with van der Waals surface area (Å²) in [5, 5.41) is 8.30. The average molecular weight is 374 g/mol. The summed E-state index contributed by atoms with van der Waals surface area (Å²) < 4.78 is 5.81. The predicted molar refractivity (Wildman–Crippen MR) is 88.3 cm³/mol. The number of carbonyl (C=O) groups is 2. The smallest absolute Gasteiger partial charge is 0.276 e. The van der Waals surface area contributed by atoms with Crippen LogP contribution in [0, 0.1) is 0 Å². The highest BCUT2D eigenvalue weighted by atomic mass is 35.5. The number of rotatable bonds is 6. The molecule has 0 atom stereocenters. The zero-order chi connectivity index (χ0) is 16.7. The Hall–Kier alpha value is -2.04. The van der Waals surface area contributed by atoms with Crippen LogP contribution in [0.2, 0.25) is 5.02 Å². The van der Waals surface area contributed by atoms with Crippen molar-refractivity contribution in [2.24, 2.45) is 0 Å². The van der Waals surface area contributed by atoms with E-state index in [0.717, 1.165) is 0 Å². The van der Waals surface area contributed by atoms with Crippen LogP contribution in [0.4, 0.5) is 5.13 Å². The molecule has 1 heterocycles. The summed E-state index contributed by atoms with van der Waals surface area (Å²) in [5.74, 6) is -0.296. The van der Waals surface area contributed by atoms with Crippen molar-refractivity contribution in [2.75, 3.05) is 18.1 Å². The molecule has 2 amide bonds. The van der Waals surface area contributed by atoms with Crippen LogP contribution in [-0.4, -0.2) is 34.4 Å². The van der Waals surface area contributed by atoms with Gasteiger partial charge in [-0.1, -0.05) is 34.7 Å². The van der Waals surface area contributed by atoms with Crippen molar-refractivity contribution in [2.45, 2.75) is 4.34 Å². The van der Waals surface area contributed by atoms with Crippen molar-refractivity contribution in [3.63, 3.8) is 0 Å². The molecule has 2 rings (SSSR count). The first kappa shape index (κ1) is 17.3. The minimum Gasteiger partial charge on any atom is -0.484 e. The number of nitrogen functional groups attached to an aromatic ring is 1. The van der Waals surface area contributed by atoms with Gasteiger partial charge in [0.05, 0.1) is 5.75 Å². The van der Waals surface area contributed by atoms with E-state index < -0.39 is 5.91 Å². The van der Waals surface area contributed by atoms with E-state index in [1.54, 1.807) is 24.3 Å². The number of hydrazine groups is 1. The van der Waals surface area contributed by atoms with Gasteiger partial charge in [0.2, 0.25) is 11.0 Å². The fourth-order valence-corrected chi connectivity index (χ4v) is 2.86. The Morgan fingerprint density at radius 3 is 2.57 bits per heavy atom. The number of nitrogens with zero attached hydrogens (tertiary/aromatic N) is 2. The summed E-state index contributed by atoms with van der Waals surface area (Å²) in [6.45, 7) is -0.234. The number of nitrogens with one attached hydrogen (secondary N) is 2. The van der Waals surface area contributed by atoms with E-state index in [1.165, 1.54) is 23.1 Å². The molecule has 1 aromatic heterocycles. The first-order chi connectivity index (χ1) is 11.0. The number of hydrogen-bond acceptors (Lipinski definition) is 8. The Morgan fingerprint density at radius 1 is 1.22 bits per heavy atom. The van der Waals surface area contributed by atoms with E-state index in [9.17, 15) is 9.59 Å². The number of hydrogen-bond donors (Lipinski definition) is 3. The van der Waals surface area contributed by atoms with Crippen molar-refractivity contribution in [3.05, 3.63) is 29.3 Å². The number of ether oxygens (including phenoxy) is 1. The lowest BCUT2D eigenvalue weighted by molar-refractivity contribution is -0.128. The number of anilines is 1. The lowest BCUT2D eigenvalue weighted by Gasteiger charge is -2.08. The van der Waals surface area contributed by atoms with Crippen LogP contribution in [0.5, 0.6) is 5.75 Å². The Labute approximate surface area is 144 Å². The van der Waals surface area contributed by atoms with Crippen LogP contribution in [-0.2, 0) is 9.59 Å². The monoisotopic (exact) mass is 373 g/mol. The fourth-order valence-electron chi connectivity index (χ4n) is 1.30. The normalized spacial score (nSPS) is 10.1. The molecule has 8 nitrogen and oxygen atoms in total. The summed E-state index contributed by atoms with van der Waals surface area (Å²) in [6, 6.07) is 6.57. The standard InChI is InChI=1S/C12H12ClN5O3S2/c13-7-1-3-8(4-2-7)21-5-9(19)15-16-10(20)6-22-12-18-17-11(14)23-12/h1-4H,5-6H2,(H2,14,17)(H,15,19)(H,16,20). The zero-order valence-electron chi connectivity index (χ0n) is 11.6. The lowest BCUT2D eigenvalue weighted by Crippen LogP contribution is -2.44. The van der Waals surface area contributed by atoms with E-state index in [4.69, 9.17) is 22.1 Å². The van der Waals surface area contributed by atoms with E-state index in [2.05, 4.69) is 21.0 Å². The summed E-state index contributed by atoms with van der Waals surface area (Å²) >= 11 is 8.09. The Bertz CT molecular complexity index is 680. The fraction of sp³-hybridized carbons (Fsp3) is 0.167. The van der Waals surface area contributed by atoms with Gasteiger partial charge in [-0.3, -0.25) is 20.4 Å². The third-order valence-corrected chi connectivity index (χ3v) is 4.41. The molecule has 4 N–H and O–H groups in total. The predicted octanol–water partition coefficient (Wildman–Crippen LogP) is 1.09. The second-order valence-corrected chi connectivity index (χ2v) is 6.70. The van der Waals surface area contributed by atoms with Gasteiger partial charge in [-0.2, -0.15) is 0 Å². The van der Waals surface area contributed by atoms with Crippen LogP contribution in [0.15, 0.2) is 28.6 Å². The zero-order valence-corrected chi connectivity index (χ0v) is 14.0. The Kier molecular flexibility index (Phi) is 6.44. The van der Waals surface area contributed by atoms with Crippen LogP contribution in [0.3, 0.4) is 0 Å². The highest BCUT2D eigenvalue weighted by Gasteiger charge is 2.08. The molecule has 122 valence electrons. The van der Waals surface area contributed by atoms with E-state index in [0.29, 0.717) is 20.2 Å². The molecule has 0 aliphatic carbocycles. The van der Waals surface area contributed by atoms with Crippen LogP contribution < -0.4 is 21.3 Å². The van der Waals surface area contributed by atoms with Crippen molar-refractivity contribution in [1.82, 2.24) is 21.0 Å². The van der Waals surface area contributed by atoms with Gasteiger partial charge in [0.15, 0.2) is 10.9 Å². The van der Waals surface area contributed by atoms with Gasteiger partial charge in [0, 0.05) is 5.02 Å². The number of amides is 2. The van der Waals surface area contributed by atoms with Crippen LogP contribution in [0.1, 0.15) is 0 Å². The molecular formula is C12H12ClN5O3S2. The lowest BCUT2D eigenvalue weighted by atomic mass is 10.3. The van der Waals surface area contributed by atoms with Gasteiger partial charge in [-0.05, 0) is 24.3 Å². The molecule has 0 spiro atoms. The molecule has 1 aromatic carbocycles. The third-order valence-electron chi connectivity index (χ3n) is 2.27. The Morgan fingerprint density at radius 2 is 1.91 bits per heavy atom. The summed E-state index contributed by atoms with van der Waals surface area (Å²) in [5.41, 5.74) is 9.94. The highest BCUT2D eigenvalue weighted by molar-refractivity contribution is 8.01. The van der Waals surface area contributed by atoms with Gasteiger partial charge < -0.3 is 10.5 Å². The van der Waals surface area contributed by atoms with Crippen LogP contribution in [0.25, 0.3) is 0 Å². The van der Waals surface area contributed by atoms with E-state index in [1.807, 2.05) is 0 Å². The maximum absolute atomic E-state index is 11.6. The quantitative estimate of drug-likeness (QED) is 0.512.